The Morgan fingerprint density at radius 3 is 2.61 bits per heavy atom. The molecule has 0 aromatic heterocycles. The van der Waals surface area contributed by atoms with Crippen molar-refractivity contribution in [3.63, 3.8) is 0 Å². The third kappa shape index (κ3) is 4.68. The average molecular weight is 308 g/mol. The van der Waals surface area contributed by atoms with Crippen LogP contribution in [-0.4, -0.2) is 18.0 Å². The predicted molar refractivity (Wildman–Crippen MR) is 84.3 cm³/mol. The number of amides is 1. The molecule has 1 N–H and O–H groups in total. The molecule has 2 rings (SSSR count). The van der Waals surface area contributed by atoms with E-state index < -0.39 is 12.1 Å². The van der Waals surface area contributed by atoms with E-state index in [9.17, 15) is 9.59 Å². The first kappa shape index (κ1) is 16.2. The Hall–Kier alpha value is -3.13. The Morgan fingerprint density at radius 1 is 1.17 bits per heavy atom. The van der Waals surface area contributed by atoms with Gasteiger partial charge in [0, 0.05) is 6.54 Å². The van der Waals surface area contributed by atoms with E-state index in [4.69, 9.17) is 10.00 Å². The number of rotatable bonds is 5. The normalized spacial score (nSPS) is 11.1. The highest BCUT2D eigenvalue weighted by Crippen LogP contribution is 2.08. The van der Waals surface area contributed by atoms with Crippen LogP contribution in [0, 0.1) is 11.3 Å². The summed E-state index contributed by atoms with van der Waals surface area (Å²) in [6, 6.07) is 17.5. The van der Waals surface area contributed by atoms with E-state index in [1.54, 1.807) is 12.1 Å². The minimum absolute atomic E-state index is 0.242. The smallest absolute Gasteiger partial charge is 0.338 e. The van der Waals surface area contributed by atoms with E-state index in [-0.39, 0.29) is 11.5 Å². The van der Waals surface area contributed by atoms with Crippen LogP contribution in [0.25, 0.3) is 0 Å². The van der Waals surface area contributed by atoms with Crippen molar-refractivity contribution in [2.75, 3.05) is 0 Å². The molecule has 5 heteroatoms. The lowest BCUT2D eigenvalue weighted by Gasteiger charge is -2.13. The van der Waals surface area contributed by atoms with Crippen LogP contribution < -0.4 is 5.32 Å². The fraction of sp³-hybridized carbons (Fsp3) is 0.167. The number of carbonyl (C=O) groups excluding carboxylic acids is 2. The van der Waals surface area contributed by atoms with Crippen molar-refractivity contribution in [1.29, 1.82) is 5.26 Å². The first-order chi connectivity index (χ1) is 11.1. The fourth-order valence-corrected chi connectivity index (χ4v) is 1.93. The van der Waals surface area contributed by atoms with E-state index in [1.165, 1.54) is 19.1 Å². The second kappa shape index (κ2) is 7.76. The Bertz CT molecular complexity index is 735. The summed E-state index contributed by atoms with van der Waals surface area (Å²) in [5, 5.41) is 11.5. The lowest BCUT2D eigenvalue weighted by atomic mass is 10.1. The molecule has 0 fully saturated rings. The van der Waals surface area contributed by atoms with Crippen LogP contribution in [0.4, 0.5) is 0 Å². The van der Waals surface area contributed by atoms with Gasteiger partial charge in [-0.15, -0.1) is 0 Å². The molecule has 5 nitrogen and oxygen atoms in total. The number of carbonyl (C=O) groups is 2. The molecule has 0 spiro atoms. The Morgan fingerprint density at radius 2 is 1.91 bits per heavy atom. The monoisotopic (exact) mass is 308 g/mol. The third-order valence-corrected chi connectivity index (χ3v) is 3.19. The fourth-order valence-electron chi connectivity index (χ4n) is 1.93. The van der Waals surface area contributed by atoms with Crippen LogP contribution in [-0.2, 0) is 16.1 Å². The number of nitrogens with one attached hydrogen (secondary N) is 1. The zero-order valence-electron chi connectivity index (χ0n) is 12.7. The van der Waals surface area contributed by atoms with Gasteiger partial charge in [0.15, 0.2) is 6.10 Å². The highest BCUT2D eigenvalue weighted by Gasteiger charge is 2.18. The largest absolute Gasteiger partial charge is 0.449 e. The summed E-state index contributed by atoms with van der Waals surface area (Å²) < 4.78 is 5.13. The molecular formula is C18H16N2O3. The topological polar surface area (TPSA) is 79.2 Å². The SMILES string of the molecule is C[C@@H](OC(=O)c1cccc(C#N)c1)C(=O)NCc1ccccc1. The summed E-state index contributed by atoms with van der Waals surface area (Å²) >= 11 is 0. The maximum Gasteiger partial charge on any atom is 0.338 e. The molecule has 0 aliphatic rings. The van der Waals surface area contributed by atoms with Gasteiger partial charge in [0.2, 0.25) is 0 Å². The molecule has 0 aliphatic heterocycles. The second-order valence-corrected chi connectivity index (χ2v) is 4.94. The Kier molecular flexibility index (Phi) is 5.48. The number of nitrogens with zero attached hydrogens (tertiary/aromatic N) is 1. The molecule has 0 bridgehead atoms. The number of esters is 1. The molecule has 23 heavy (non-hydrogen) atoms. The van der Waals surface area contributed by atoms with Crippen molar-refractivity contribution < 1.29 is 14.3 Å². The number of ether oxygens (including phenoxy) is 1. The van der Waals surface area contributed by atoms with Gasteiger partial charge in [0.25, 0.3) is 5.91 Å². The Labute approximate surface area is 134 Å². The van der Waals surface area contributed by atoms with E-state index in [0.29, 0.717) is 12.1 Å². The molecule has 0 radical (unpaired) electrons. The van der Waals surface area contributed by atoms with Crippen LogP contribution in [0.1, 0.15) is 28.4 Å². The lowest BCUT2D eigenvalue weighted by molar-refractivity contribution is -0.129. The van der Waals surface area contributed by atoms with Gasteiger partial charge >= 0.3 is 5.97 Å². The molecule has 0 saturated carbocycles. The second-order valence-electron chi connectivity index (χ2n) is 4.94. The average Bonchev–Trinajstić information content (AvgIpc) is 2.60. The van der Waals surface area contributed by atoms with Gasteiger partial charge in [-0.3, -0.25) is 4.79 Å². The van der Waals surface area contributed by atoms with Crippen molar-refractivity contribution in [3.8, 4) is 6.07 Å². The van der Waals surface area contributed by atoms with Crippen LogP contribution in [0.5, 0.6) is 0 Å². The van der Waals surface area contributed by atoms with Gasteiger partial charge in [-0.25, -0.2) is 4.79 Å². The summed E-state index contributed by atoms with van der Waals surface area (Å²) in [6.45, 7) is 1.87. The van der Waals surface area contributed by atoms with Gasteiger partial charge in [0.1, 0.15) is 0 Å². The molecular weight excluding hydrogens is 292 g/mol. The maximum atomic E-state index is 12.0. The number of hydrogen-bond donors (Lipinski definition) is 1. The molecule has 2 aromatic rings. The van der Waals surface area contributed by atoms with Gasteiger partial charge in [0.05, 0.1) is 17.2 Å². The van der Waals surface area contributed by atoms with Crippen LogP contribution in [0.3, 0.4) is 0 Å². The first-order valence-corrected chi connectivity index (χ1v) is 7.13. The highest BCUT2D eigenvalue weighted by molar-refractivity contribution is 5.92. The maximum absolute atomic E-state index is 12.0. The van der Waals surface area contributed by atoms with Crippen LogP contribution in [0.2, 0.25) is 0 Å². The van der Waals surface area contributed by atoms with Crippen molar-refractivity contribution in [2.24, 2.45) is 0 Å². The predicted octanol–water partition coefficient (Wildman–Crippen LogP) is 2.42. The molecule has 0 heterocycles. The van der Waals surface area contributed by atoms with Crippen molar-refractivity contribution in [3.05, 3.63) is 71.3 Å². The molecule has 2 aromatic carbocycles. The van der Waals surface area contributed by atoms with E-state index in [1.807, 2.05) is 36.4 Å². The summed E-state index contributed by atoms with van der Waals surface area (Å²) in [5.41, 5.74) is 1.56. The van der Waals surface area contributed by atoms with E-state index in [2.05, 4.69) is 5.32 Å². The molecule has 0 saturated heterocycles. The van der Waals surface area contributed by atoms with Gasteiger partial charge < -0.3 is 10.1 Å². The van der Waals surface area contributed by atoms with Gasteiger partial charge in [-0.05, 0) is 30.7 Å². The number of nitriles is 1. The number of benzene rings is 2. The minimum atomic E-state index is -0.919. The molecule has 0 unspecified atom stereocenters. The minimum Gasteiger partial charge on any atom is -0.449 e. The quantitative estimate of drug-likeness (QED) is 0.860. The van der Waals surface area contributed by atoms with Crippen molar-refractivity contribution in [1.82, 2.24) is 5.32 Å². The first-order valence-electron chi connectivity index (χ1n) is 7.13. The zero-order chi connectivity index (χ0) is 16.7. The number of hydrogen-bond acceptors (Lipinski definition) is 4. The van der Waals surface area contributed by atoms with Crippen LogP contribution in [0.15, 0.2) is 54.6 Å². The summed E-state index contributed by atoms with van der Waals surface area (Å²) in [5.74, 6) is -1.01. The van der Waals surface area contributed by atoms with Gasteiger partial charge in [-0.1, -0.05) is 36.4 Å². The summed E-state index contributed by atoms with van der Waals surface area (Å²) in [4.78, 5) is 24.0. The molecule has 1 amide bonds. The highest BCUT2D eigenvalue weighted by atomic mass is 16.5. The van der Waals surface area contributed by atoms with Gasteiger partial charge in [-0.2, -0.15) is 5.26 Å². The third-order valence-electron chi connectivity index (χ3n) is 3.19. The Balaban J connectivity index is 1.90. The summed E-state index contributed by atoms with van der Waals surface area (Å²) in [6.07, 6.45) is -0.919. The molecule has 1 atom stereocenters. The lowest BCUT2D eigenvalue weighted by Crippen LogP contribution is -2.35. The molecule has 116 valence electrons. The summed E-state index contributed by atoms with van der Waals surface area (Å²) in [7, 11) is 0. The standard InChI is InChI=1S/C18H16N2O3/c1-13(17(21)20-12-14-6-3-2-4-7-14)23-18(22)16-9-5-8-15(10-16)11-19/h2-10,13H,12H2,1H3,(H,20,21)/t13-/m1/s1. The molecule has 0 aliphatic carbocycles. The van der Waals surface area contributed by atoms with E-state index >= 15 is 0 Å². The van der Waals surface area contributed by atoms with Crippen molar-refractivity contribution in [2.45, 2.75) is 19.6 Å². The van der Waals surface area contributed by atoms with Crippen molar-refractivity contribution >= 4 is 11.9 Å². The van der Waals surface area contributed by atoms with Crippen LogP contribution >= 0.6 is 0 Å². The zero-order valence-corrected chi connectivity index (χ0v) is 12.7. The van der Waals surface area contributed by atoms with E-state index in [0.717, 1.165) is 5.56 Å².